The quantitative estimate of drug-likeness (QED) is 0.877. The number of nitrogens with zero attached hydrogens (tertiary/aromatic N) is 4. The molecule has 2 aromatic heterocycles. The van der Waals surface area contributed by atoms with Crippen molar-refractivity contribution in [3.63, 3.8) is 0 Å². The zero-order valence-electron chi connectivity index (χ0n) is 14.3. The number of hydrogen-bond donors (Lipinski definition) is 1. The molecular weight excluding hydrogens is 306 g/mol. The van der Waals surface area contributed by atoms with Crippen LogP contribution in [0.25, 0.3) is 5.65 Å². The van der Waals surface area contributed by atoms with Gasteiger partial charge in [0.25, 0.3) is 0 Å². The van der Waals surface area contributed by atoms with Gasteiger partial charge in [0.2, 0.25) is 5.91 Å². The highest BCUT2D eigenvalue weighted by atomic mass is 16.2. The van der Waals surface area contributed by atoms with Crippen LogP contribution in [0.4, 0.5) is 0 Å². The molecule has 0 aliphatic carbocycles. The van der Waals surface area contributed by atoms with Gasteiger partial charge in [0, 0.05) is 24.7 Å². The third-order valence-electron chi connectivity index (χ3n) is 4.51. The van der Waals surface area contributed by atoms with Crippen molar-refractivity contribution in [3.05, 3.63) is 34.9 Å². The Kier molecular flexibility index (Phi) is 4.99. The molecule has 24 heavy (non-hydrogen) atoms. The van der Waals surface area contributed by atoms with Crippen LogP contribution in [-0.4, -0.2) is 50.7 Å². The van der Waals surface area contributed by atoms with Gasteiger partial charge in [-0.05, 0) is 51.9 Å². The average molecular weight is 331 g/mol. The lowest BCUT2D eigenvalue weighted by Crippen LogP contribution is -2.43. The van der Waals surface area contributed by atoms with E-state index < -0.39 is 0 Å². The Labute approximate surface area is 141 Å². The first-order chi connectivity index (χ1) is 11.5. The molecule has 1 N–H and O–H groups in total. The number of carbonyl (C=O) groups is 1. The normalized spacial score (nSPS) is 16.8. The fourth-order valence-electron chi connectivity index (χ4n) is 3.17. The van der Waals surface area contributed by atoms with Crippen LogP contribution >= 0.6 is 0 Å². The fourth-order valence-corrected chi connectivity index (χ4v) is 3.17. The van der Waals surface area contributed by atoms with Crippen molar-refractivity contribution in [2.45, 2.75) is 39.3 Å². The molecule has 0 bridgehead atoms. The number of likely N-dealkylation sites (tertiary alicyclic amines) is 1. The molecule has 1 amide bonds. The summed E-state index contributed by atoms with van der Waals surface area (Å²) in [6.07, 6.45) is 3.48. The van der Waals surface area contributed by atoms with Gasteiger partial charge in [0.1, 0.15) is 0 Å². The van der Waals surface area contributed by atoms with Crippen molar-refractivity contribution in [2.24, 2.45) is 5.92 Å². The zero-order chi connectivity index (χ0) is 17.1. The van der Waals surface area contributed by atoms with Crippen molar-refractivity contribution < 1.29 is 4.79 Å². The second kappa shape index (κ2) is 7.17. The summed E-state index contributed by atoms with van der Waals surface area (Å²) in [7, 11) is 0. The van der Waals surface area contributed by atoms with Gasteiger partial charge in [-0.15, -0.1) is 5.10 Å². The van der Waals surface area contributed by atoms with Gasteiger partial charge in [-0.1, -0.05) is 6.07 Å². The van der Waals surface area contributed by atoms with Gasteiger partial charge < -0.3 is 10.2 Å². The van der Waals surface area contributed by atoms with E-state index in [0.717, 1.165) is 32.5 Å². The van der Waals surface area contributed by atoms with E-state index in [9.17, 15) is 9.59 Å². The molecule has 1 aliphatic rings. The highest BCUT2D eigenvalue weighted by molar-refractivity contribution is 5.78. The van der Waals surface area contributed by atoms with Crippen molar-refractivity contribution in [1.82, 2.24) is 24.4 Å². The van der Waals surface area contributed by atoms with Crippen molar-refractivity contribution in [2.75, 3.05) is 19.6 Å². The predicted molar refractivity (Wildman–Crippen MR) is 91.9 cm³/mol. The lowest BCUT2D eigenvalue weighted by molar-refractivity contribution is -0.126. The van der Waals surface area contributed by atoms with Crippen LogP contribution in [0.5, 0.6) is 0 Å². The van der Waals surface area contributed by atoms with E-state index in [2.05, 4.69) is 15.3 Å². The number of carbonyl (C=O) groups excluding carboxylic acids is 1. The molecule has 130 valence electrons. The molecule has 0 spiro atoms. The SMILES string of the molecule is CC(C)NC(=O)C1CCN(CCn2nc3ccccn3c2=O)CC1. The summed E-state index contributed by atoms with van der Waals surface area (Å²) in [5.41, 5.74) is 0.573. The van der Waals surface area contributed by atoms with E-state index in [1.807, 2.05) is 32.0 Å². The van der Waals surface area contributed by atoms with Gasteiger partial charge in [-0.3, -0.25) is 9.20 Å². The summed E-state index contributed by atoms with van der Waals surface area (Å²) in [6, 6.07) is 5.72. The van der Waals surface area contributed by atoms with E-state index in [1.165, 1.54) is 4.68 Å². The summed E-state index contributed by atoms with van der Waals surface area (Å²) < 4.78 is 3.08. The third-order valence-corrected chi connectivity index (χ3v) is 4.51. The van der Waals surface area contributed by atoms with E-state index in [-0.39, 0.29) is 23.6 Å². The molecule has 1 aliphatic heterocycles. The Hall–Kier alpha value is -2.15. The average Bonchev–Trinajstić information content (AvgIpc) is 2.89. The minimum atomic E-state index is -0.100. The topological polar surface area (TPSA) is 71.6 Å². The number of hydrogen-bond acceptors (Lipinski definition) is 4. The fraction of sp³-hybridized carbons (Fsp3) is 0.588. The van der Waals surface area contributed by atoms with Crippen LogP contribution < -0.4 is 11.0 Å². The molecule has 3 heterocycles. The van der Waals surface area contributed by atoms with E-state index in [0.29, 0.717) is 12.2 Å². The van der Waals surface area contributed by atoms with Crippen LogP contribution in [-0.2, 0) is 11.3 Å². The maximum Gasteiger partial charge on any atom is 0.350 e. The number of amides is 1. The van der Waals surface area contributed by atoms with Crippen LogP contribution in [0, 0.1) is 5.92 Å². The first kappa shape index (κ1) is 16.7. The second-order valence-corrected chi connectivity index (χ2v) is 6.71. The van der Waals surface area contributed by atoms with Gasteiger partial charge in [-0.2, -0.15) is 0 Å². The number of fused-ring (bicyclic) bond motifs is 1. The van der Waals surface area contributed by atoms with Crippen molar-refractivity contribution >= 4 is 11.6 Å². The monoisotopic (exact) mass is 331 g/mol. The van der Waals surface area contributed by atoms with Crippen molar-refractivity contribution in [1.29, 1.82) is 0 Å². The lowest BCUT2D eigenvalue weighted by atomic mass is 9.95. The highest BCUT2D eigenvalue weighted by Gasteiger charge is 2.25. The zero-order valence-corrected chi connectivity index (χ0v) is 14.3. The smallest absolute Gasteiger partial charge is 0.350 e. The molecule has 7 heteroatoms. The van der Waals surface area contributed by atoms with Gasteiger partial charge in [-0.25, -0.2) is 9.48 Å². The summed E-state index contributed by atoms with van der Waals surface area (Å²) in [4.78, 5) is 26.6. The molecule has 1 saturated heterocycles. The number of aromatic nitrogens is 3. The standard InChI is InChI=1S/C17H25N5O2/c1-13(2)18-16(23)14-6-9-20(10-7-14)11-12-22-17(24)21-8-4-3-5-15(21)19-22/h3-5,8,13-14H,6-7,9-12H2,1-2H3,(H,18,23). The molecule has 2 aromatic rings. The molecule has 3 rings (SSSR count). The molecule has 0 atom stereocenters. The summed E-state index contributed by atoms with van der Waals surface area (Å²) in [5, 5.41) is 7.34. The number of rotatable bonds is 5. The van der Waals surface area contributed by atoms with Crippen LogP contribution in [0.3, 0.4) is 0 Å². The van der Waals surface area contributed by atoms with Gasteiger partial charge >= 0.3 is 5.69 Å². The Bertz CT molecular complexity index is 756. The Morgan fingerprint density at radius 3 is 2.71 bits per heavy atom. The van der Waals surface area contributed by atoms with Crippen LogP contribution in [0.15, 0.2) is 29.2 Å². The number of piperidine rings is 1. The first-order valence-corrected chi connectivity index (χ1v) is 8.61. The maximum atomic E-state index is 12.2. The van der Waals surface area contributed by atoms with E-state index in [1.54, 1.807) is 10.6 Å². The second-order valence-electron chi connectivity index (χ2n) is 6.71. The first-order valence-electron chi connectivity index (χ1n) is 8.61. The Morgan fingerprint density at radius 1 is 1.29 bits per heavy atom. The number of pyridine rings is 1. The number of nitrogens with one attached hydrogen (secondary N) is 1. The molecule has 0 unspecified atom stereocenters. The minimum absolute atomic E-state index is 0.100. The molecule has 0 aromatic carbocycles. The van der Waals surface area contributed by atoms with E-state index in [4.69, 9.17) is 0 Å². The maximum absolute atomic E-state index is 12.2. The lowest BCUT2D eigenvalue weighted by Gasteiger charge is -2.31. The molecule has 0 saturated carbocycles. The molecule has 0 radical (unpaired) electrons. The summed E-state index contributed by atoms with van der Waals surface area (Å²) in [5.74, 6) is 0.280. The molecular formula is C17H25N5O2. The Balaban J connectivity index is 1.52. The largest absolute Gasteiger partial charge is 0.354 e. The van der Waals surface area contributed by atoms with Gasteiger partial charge in [0.15, 0.2) is 5.65 Å². The summed E-state index contributed by atoms with van der Waals surface area (Å²) >= 11 is 0. The highest BCUT2D eigenvalue weighted by Crippen LogP contribution is 2.17. The third kappa shape index (κ3) is 3.67. The van der Waals surface area contributed by atoms with Crippen LogP contribution in [0.1, 0.15) is 26.7 Å². The minimum Gasteiger partial charge on any atom is -0.354 e. The predicted octanol–water partition coefficient (Wildman–Crippen LogP) is 0.733. The van der Waals surface area contributed by atoms with Gasteiger partial charge in [0.05, 0.1) is 6.54 Å². The molecule has 1 fully saturated rings. The summed E-state index contributed by atoms with van der Waals surface area (Å²) in [6.45, 7) is 7.10. The molecule has 7 nitrogen and oxygen atoms in total. The van der Waals surface area contributed by atoms with Crippen molar-refractivity contribution in [3.8, 4) is 0 Å². The van der Waals surface area contributed by atoms with Crippen LogP contribution in [0.2, 0.25) is 0 Å². The Morgan fingerprint density at radius 2 is 2.04 bits per heavy atom. The van der Waals surface area contributed by atoms with E-state index >= 15 is 0 Å².